The SMILES string of the molecule is O=S(=O)(NC1CCCCC1Cl)c1cccc2cnccc12. The molecule has 6 heteroatoms. The third kappa shape index (κ3) is 3.05. The molecule has 1 aliphatic rings. The van der Waals surface area contributed by atoms with Crippen LogP contribution in [0.5, 0.6) is 0 Å². The van der Waals surface area contributed by atoms with Gasteiger partial charge in [0, 0.05) is 34.6 Å². The number of hydrogen-bond acceptors (Lipinski definition) is 3. The summed E-state index contributed by atoms with van der Waals surface area (Å²) >= 11 is 6.26. The van der Waals surface area contributed by atoms with Crippen molar-refractivity contribution in [2.24, 2.45) is 0 Å². The molecule has 1 saturated carbocycles. The van der Waals surface area contributed by atoms with Crippen LogP contribution in [0.15, 0.2) is 41.6 Å². The van der Waals surface area contributed by atoms with Crippen LogP contribution < -0.4 is 4.72 Å². The molecule has 1 aliphatic carbocycles. The lowest BCUT2D eigenvalue weighted by Crippen LogP contribution is -2.42. The number of fused-ring (bicyclic) bond motifs is 1. The molecule has 4 nitrogen and oxygen atoms in total. The predicted molar refractivity (Wildman–Crippen MR) is 84.0 cm³/mol. The van der Waals surface area contributed by atoms with Gasteiger partial charge < -0.3 is 0 Å². The number of benzene rings is 1. The number of nitrogens with one attached hydrogen (secondary N) is 1. The van der Waals surface area contributed by atoms with Crippen LogP contribution in [0.4, 0.5) is 0 Å². The lowest BCUT2D eigenvalue weighted by Gasteiger charge is -2.27. The van der Waals surface area contributed by atoms with Crippen molar-refractivity contribution >= 4 is 32.4 Å². The molecule has 2 unspecified atom stereocenters. The quantitative estimate of drug-likeness (QED) is 0.883. The Hall–Kier alpha value is -1.17. The highest BCUT2D eigenvalue weighted by molar-refractivity contribution is 7.89. The molecular weight excluding hydrogens is 308 g/mol. The third-order valence-corrected chi connectivity index (χ3v) is 5.99. The summed E-state index contributed by atoms with van der Waals surface area (Å²) in [5, 5.41) is 1.36. The normalized spacial score (nSPS) is 23.3. The highest BCUT2D eigenvalue weighted by Gasteiger charge is 2.28. The van der Waals surface area contributed by atoms with Crippen LogP contribution >= 0.6 is 11.6 Å². The van der Waals surface area contributed by atoms with Crippen LogP contribution in [-0.2, 0) is 10.0 Å². The van der Waals surface area contributed by atoms with Gasteiger partial charge in [-0.25, -0.2) is 13.1 Å². The van der Waals surface area contributed by atoms with E-state index in [9.17, 15) is 8.42 Å². The molecule has 21 heavy (non-hydrogen) atoms. The van der Waals surface area contributed by atoms with E-state index < -0.39 is 10.0 Å². The van der Waals surface area contributed by atoms with Crippen molar-refractivity contribution in [3.63, 3.8) is 0 Å². The van der Waals surface area contributed by atoms with Gasteiger partial charge >= 0.3 is 0 Å². The Morgan fingerprint density at radius 1 is 1.19 bits per heavy atom. The van der Waals surface area contributed by atoms with E-state index in [1.54, 1.807) is 30.6 Å². The van der Waals surface area contributed by atoms with Crippen LogP contribution in [0.2, 0.25) is 0 Å². The largest absolute Gasteiger partial charge is 0.264 e. The number of nitrogens with zero attached hydrogens (tertiary/aromatic N) is 1. The van der Waals surface area contributed by atoms with Crippen molar-refractivity contribution in [1.82, 2.24) is 9.71 Å². The summed E-state index contributed by atoms with van der Waals surface area (Å²) in [4.78, 5) is 4.32. The lowest BCUT2D eigenvalue weighted by atomic mass is 9.96. The van der Waals surface area contributed by atoms with Crippen LogP contribution in [0.25, 0.3) is 10.8 Å². The fourth-order valence-corrected chi connectivity index (χ4v) is 4.77. The van der Waals surface area contributed by atoms with Gasteiger partial charge in [0.05, 0.1) is 4.90 Å². The van der Waals surface area contributed by atoms with E-state index in [0.29, 0.717) is 5.39 Å². The maximum absolute atomic E-state index is 12.7. The monoisotopic (exact) mass is 324 g/mol. The number of hydrogen-bond donors (Lipinski definition) is 1. The number of aromatic nitrogens is 1. The van der Waals surface area contributed by atoms with E-state index in [1.807, 2.05) is 6.07 Å². The van der Waals surface area contributed by atoms with Crippen molar-refractivity contribution in [3.05, 3.63) is 36.7 Å². The van der Waals surface area contributed by atoms with E-state index in [-0.39, 0.29) is 16.3 Å². The molecule has 1 N–H and O–H groups in total. The zero-order valence-corrected chi connectivity index (χ0v) is 13.1. The molecule has 0 spiro atoms. The molecular formula is C15H17ClN2O2S. The van der Waals surface area contributed by atoms with Gasteiger partial charge in [-0.2, -0.15) is 0 Å². The summed E-state index contributed by atoms with van der Waals surface area (Å²) in [6, 6.07) is 6.74. The Bertz CT molecular complexity index is 743. The summed E-state index contributed by atoms with van der Waals surface area (Å²) < 4.78 is 28.1. The Morgan fingerprint density at radius 2 is 2.00 bits per heavy atom. The highest BCUT2D eigenvalue weighted by atomic mass is 35.5. The molecule has 2 atom stereocenters. The molecule has 1 heterocycles. The van der Waals surface area contributed by atoms with E-state index >= 15 is 0 Å². The van der Waals surface area contributed by atoms with Gasteiger partial charge in [0.1, 0.15) is 0 Å². The van der Waals surface area contributed by atoms with Gasteiger partial charge in [0.25, 0.3) is 0 Å². The van der Waals surface area contributed by atoms with E-state index in [0.717, 1.165) is 31.1 Å². The number of rotatable bonds is 3. The maximum Gasteiger partial charge on any atom is 0.241 e. The van der Waals surface area contributed by atoms with Crippen LogP contribution in [-0.4, -0.2) is 24.8 Å². The lowest BCUT2D eigenvalue weighted by molar-refractivity contribution is 0.418. The zero-order valence-electron chi connectivity index (χ0n) is 11.5. The standard InChI is InChI=1S/C15H17ClN2O2S/c16-13-5-1-2-6-14(13)18-21(19,20)15-7-3-4-11-10-17-9-8-12(11)15/h3-4,7-10,13-14,18H,1-2,5-6H2. The van der Waals surface area contributed by atoms with Crippen molar-refractivity contribution in [3.8, 4) is 0 Å². The van der Waals surface area contributed by atoms with E-state index in [2.05, 4.69) is 9.71 Å². The van der Waals surface area contributed by atoms with Gasteiger partial charge in [-0.3, -0.25) is 4.98 Å². The van der Waals surface area contributed by atoms with Crippen LogP contribution in [0.1, 0.15) is 25.7 Å². The molecule has 3 rings (SSSR count). The molecule has 0 aliphatic heterocycles. The minimum atomic E-state index is -3.58. The molecule has 0 amide bonds. The van der Waals surface area contributed by atoms with Gasteiger partial charge in [-0.1, -0.05) is 25.0 Å². The van der Waals surface area contributed by atoms with E-state index in [1.165, 1.54) is 0 Å². The summed E-state index contributed by atoms with van der Waals surface area (Å²) in [6.45, 7) is 0. The smallest absolute Gasteiger partial charge is 0.241 e. The first-order valence-corrected chi connectivity index (χ1v) is 8.99. The summed E-state index contributed by atoms with van der Waals surface area (Å²) in [5.74, 6) is 0. The molecule has 112 valence electrons. The first kappa shape index (κ1) is 14.8. The first-order chi connectivity index (χ1) is 10.1. The van der Waals surface area contributed by atoms with Crippen molar-refractivity contribution in [2.75, 3.05) is 0 Å². The number of halogens is 1. The molecule has 0 radical (unpaired) electrons. The maximum atomic E-state index is 12.7. The Kier molecular flexibility index (Phi) is 4.15. The Balaban J connectivity index is 1.97. The molecule has 1 aromatic heterocycles. The highest BCUT2D eigenvalue weighted by Crippen LogP contribution is 2.27. The second-order valence-electron chi connectivity index (χ2n) is 5.38. The summed E-state index contributed by atoms with van der Waals surface area (Å²) in [6.07, 6.45) is 6.99. The van der Waals surface area contributed by atoms with Crippen molar-refractivity contribution in [2.45, 2.75) is 42.0 Å². The van der Waals surface area contributed by atoms with E-state index in [4.69, 9.17) is 11.6 Å². The number of pyridine rings is 1. The van der Waals surface area contributed by atoms with Gasteiger partial charge in [0.15, 0.2) is 0 Å². The average molecular weight is 325 g/mol. The van der Waals surface area contributed by atoms with Gasteiger partial charge in [-0.05, 0) is 25.0 Å². The van der Waals surface area contributed by atoms with Crippen molar-refractivity contribution in [1.29, 1.82) is 0 Å². The topological polar surface area (TPSA) is 59.1 Å². The third-order valence-electron chi connectivity index (χ3n) is 3.92. The number of sulfonamides is 1. The van der Waals surface area contributed by atoms with Crippen molar-refractivity contribution < 1.29 is 8.42 Å². The fraction of sp³-hybridized carbons (Fsp3) is 0.400. The molecule has 1 fully saturated rings. The second-order valence-corrected chi connectivity index (χ2v) is 7.62. The van der Waals surface area contributed by atoms with Gasteiger partial charge in [-0.15, -0.1) is 11.6 Å². The van der Waals surface area contributed by atoms with Crippen LogP contribution in [0, 0.1) is 0 Å². The fourth-order valence-electron chi connectivity index (χ4n) is 2.81. The predicted octanol–water partition coefficient (Wildman–Crippen LogP) is 3.06. The molecule has 2 aromatic rings. The molecule has 0 bridgehead atoms. The Morgan fingerprint density at radius 3 is 2.81 bits per heavy atom. The Labute approximate surface area is 129 Å². The summed E-state index contributed by atoms with van der Waals surface area (Å²) in [5.41, 5.74) is 0. The second kappa shape index (κ2) is 5.91. The average Bonchev–Trinajstić information content (AvgIpc) is 2.49. The van der Waals surface area contributed by atoms with Gasteiger partial charge in [0.2, 0.25) is 10.0 Å². The minimum Gasteiger partial charge on any atom is -0.264 e. The molecule has 0 saturated heterocycles. The number of alkyl halides is 1. The first-order valence-electron chi connectivity index (χ1n) is 7.07. The van der Waals surface area contributed by atoms with Crippen LogP contribution in [0.3, 0.4) is 0 Å². The zero-order chi connectivity index (χ0) is 14.9. The minimum absolute atomic E-state index is 0.134. The summed E-state index contributed by atoms with van der Waals surface area (Å²) in [7, 11) is -3.58. The molecule has 1 aromatic carbocycles.